The van der Waals surface area contributed by atoms with Crippen LogP contribution >= 0.6 is 0 Å². The Morgan fingerprint density at radius 2 is 2.10 bits per heavy atom. The van der Waals surface area contributed by atoms with Crippen LogP contribution in [0.5, 0.6) is 0 Å². The van der Waals surface area contributed by atoms with Crippen LogP contribution in [-0.4, -0.2) is 29.8 Å². The second kappa shape index (κ2) is 4.85. The van der Waals surface area contributed by atoms with Gasteiger partial charge in [-0.05, 0) is 34.1 Å². The van der Waals surface area contributed by atoms with E-state index in [0.29, 0.717) is 19.0 Å². The summed E-state index contributed by atoms with van der Waals surface area (Å²) < 4.78 is 16.9. The Labute approximate surface area is 125 Å². The molecule has 5 nitrogen and oxygen atoms in total. The van der Waals surface area contributed by atoms with E-state index in [1.165, 1.54) is 0 Å². The molecule has 5 heteroatoms. The minimum absolute atomic E-state index is 0.0272. The third kappa shape index (κ3) is 2.72. The molecule has 0 bridgehead atoms. The van der Waals surface area contributed by atoms with Crippen LogP contribution < -0.4 is 5.32 Å². The van der Waals surface area contributed by atoms with Crippen molar-refractivity contribution < 1.29 is 18.7 Å². The molecular weight excluding hydrogens is 270 g/mol. The Kier molecular flexibility index (Phi) is 3.37. The molecule has 3 heterocycles. The number of carbonyl (C=O) groups is 1. The van der Waals surface area contributed by atoms with Gasteiger partial charge >= 0.3 is 0 Å². The molecule has 0 aliphatic carbocycles. The van der Waals surface area contributed by atoms with Crippen LogP contribution in [0.15, 0.2) is 10.7 Å². The van der Waals surface area contributed by atoms with E-state index in [1.54, 1.807) is 6.26 Å². The number of amides is 1. The topological polar surface area (TPSA) is 60.7 Å². The summed E-state index contributed by atoms with van der Waals surface area (Å²) in [5.74, 6) is 0.270. The summed E-state index contributed by atoms with van der Waals surface area (Å²) in [5, 5.41) is 3.08. The van der Waals surface area contributed by atoms with E-state index in [9.17, 15) is 4.79 Å². The average Bonchev–Trinajstić information content (AvgIpc) is 2.87. The monoisotopic (exact) mass is 293 g/mol. The Bertz CT molecular complexity index is 559. The van der Waals surface area contributed by atoms with Crippen molar-refractivity contribution in [2.75, 3.05) is 6.61 Å². The van der Waals surface area contributed by atoms with Gasteiger partial charge in [-0.2, -0.15) is 0 Å². The SMILES string of the molecule is CC1(C)CC(NC(=O)c2occ3c2CCOC3)C(C)(C)O1. The number of fused-ring (bicyclic) bond motifs is 1. The van der Waals surface area contributed by atoms with Crippen LogP contribution in [0, 0.1) is 0 Å². The van der Waals surface area contributed by atoms with Gasteiger partial charge in [0.2, 0.25) is 0 Å². The minimum atomic E-state index is -0.380. The van der Waals surface area contributed by atoms with Crippen LogP contribution in [0.2, 0.25) is 0 Å². The maximum atomic E-state index is 12.5. The van der Waals surface area contributed by atoms with E-state index >= 15 is 0 Å². The van der Waals surface area contributed by atoms with Gasteiger partial charge in [0.05, 0.1) is 36.7 Å². The Hall–Kier alpha value is -1.33. The van der Waals surface area contributed by atoms with Crippen LogP contribution in [0.3, 0.4) is 0 Å². The highest BCUT2D eigenvalue weighted by molar-refractivity contribution is 5.93. The molecule has 1 aromatic rings. The fraction of sp³-hybridized carbons (Fsp3) is 0.688. The first kappa shape index (κ1) is 14.6. The Morgan fingerprint density at radius 1 is 1.33 bits per heavy atom. The molecular formula is C16H23NO4. The zero-order valence-corrected chi connectivity index (χ0v) is 13.1. The Morgan fingerprint density at radius 3 is 2.76 bits per heavy atom. The molecule has 21 heavy (non-hydrogen) atoms. The van der Waals surface area contributed by atoms with E-state index in [2.05, 4.69) is 5.32 Å². The smallest absolute Gasteiger partial charge is 0.287 e. The number of hydrogen-bond donors (Lipinski definition) is 1. The molecule has 0 radical (unpaired) electrons. The van der Waals surface area contributed by atoms with Crippen molar-refractivity contribution in [3.05, 3.63) is 23.2 Å². The van der Waals surface area contributed by atoms with Gasteiger partial charge in [-0.1, -0.05) is 0 Å². The van der Waals surface area contributed by atoms with Crippen molar-refractivity contribution in [1.29, 1.82) is 0 Å². The number of furan rings is 1. The van der Waals surface area contributed by atoms with E-state index in [1.807, 2.05) is 27.7 Å². The van der Waals surface area contributed by atoms with E-state index in [-0.39, 0.29) is 23.2 Å². The molecule has 2 aliphatic rings. The summed E-state index contributed by atoms with van der Waals surface area (Å²) in [5.41, 5.74) is 1.36. The van der Waals surface area contributed by atoms with Crippen molar-refractivity contribution in [2.45, 2.75) is 64.4 Å². The number of nitrogens with one attached hydrogen (secondary N) is 1. The first-order chi connectivity index (χ1) is 9.78. The molecule has 2 aliphatic heterocycles. The summed E-state index contributed by atoms with van der Waals surface area (Å²) in [4.78, 5) is 12.5. The summed E-state index contributed by atoms with van der Waals surface area (Å²) >= 11 is 0. The van der Waals surface area contributed by atoms with Gasteiger partial charge in [0.15, 0.2) is 5.76 Å². The highest BCUT2D eigenvalue weighted by Crippen LogP contribution is 2.37. The predicted octanol–water partition coefficient (Wildman–Crippen LogP) is 2.43. The van der Waals surface area contributed by atoms with Crippen LogP contribution in [0.4, 0.5) is 0 Å². The maximum absolute atomic E-state index is 12.5. The van der Waals surface area contributed by atoms with E-state index in [4.69, 9.17) is 13.9 Å². The molecule has 1 unspecified atom stereocenters. The van der Waals surface area contributed by atoms with Gasteiger partial charge in [0, 0.05) is 17.5 Å². The molecule has 3 rings (SSSR count). The molecule has 1 atom stereocenters. The molecule has 0 saturated carbocycles. The van der Waals surface area contributed by atoms with Crippen molar-refractivity contribution in [3.8, 4) is 0 Å². The zero-order chi connectivity index (χ0) is 15.3. The Balaban J connectivity index is 1.77. The highest BCUT2D eigenvalue weighted by Gasteiger charge is 2.46. The number of hydrogen-bond acceptors (Lipinski definition) is 4. The lowest BCUT2D eigenvalue weighted by atomic mass is 9.94. The predicted molar refractivity (Wildman–Crippen MR) is 77.2 cm³/mol. The standard InChI is InChI=1S/C16H23NO4/c1-15(2)7-12(16(3,4)21-15)17-14(18)13-11-5-6-19-8-10(11)9-20-13/h9,12H,5-8H2,1-4H3,(H,17,18). The lowest BCUT2D eigenvalue weighted by molar-refractivity contribution is -0.0693. The van der Waals surface area contributed by atoms with Crippen molar-refractivity contribution in [3.63, 3.8) is 0 Å². The largest absolute Gasteiger partial charge is 0.459 e. The third-order valence-electron chi connectivity index (χ3n) is 4.32. The number of rotatable bonds is 2. The third-order valence-corrected chi connectivity index (χ3v) is 4.32. The van der Waals surface area contributed by atoms with Gasteiger partial charge in [0.1, 0.15) is 0 Å². The molecule has 1 N–H and O–H groups in total. The van der Waals surface area contributed by atoms with Crippen molar-refractivity contribution in [2.24, 2.45) is 0 Å². The molecule has 0 aromatic carbocycles. The van der Waals surface area contributed by atoms with E-state index in [0.717, 1.165) is 24.0 Å². The van der Waals surface area contributed by atoms with E-state index < -0.39 is 0 Å². The first-order valence-corrected chi connectivity index (χ1v) is 7.46. The fourth-order valence-corrected chi connectivity index (χ4v) is 3.37. The van der Waals surface area contributed by atoms with Crippen LogP contribution in [-0.2, 0) is 22.5 Å². The average molecular weight is 293 g/mol. The molecule has 1 amide bonds. The maximum Gasteiger partial charge on any atom is 0.287 e. The lowest BCUT2D eigenvalue weighted by Gasteiger charge is -2.27. The summed E-state index contributed by atoms with van der Waals surface area (Å²) in [6, 6.07) is -0.0272. The summed E-state index contributed by atoms with van der Waals surface area (Å²) in [7, 11) is 0. The number of carbonyl (C=O) groups excluding carboxylic acids is 1. The zero-order valence-electron chi connectivity index (χ0n) is 13.1. The van der Waals surface area contributed by atoms with Crippen LogP contribution in [0.1, 0.15) is 55.8 Å². The van der Waals surface area contributed by atoms with Gasteiger partial charge in [-0.15, -0.1) is 0 Å². The quantitative estimate of drug-likeness (QED) is 0.909. The van der Waals surface area contributed by atoms with Gasteiger partial charge < -0.3 is 19.2 Å². The number of ether oxygens (including phenoxy) is 2. The molecule has 1 saturated heterocycles. The van der Waals surface area contributed by atoms with Gasteiger partial charge in [-0.3, -0.25) is 4.79 Å². The minimum Gasteiger partial charge on any atom is -0.459 e. The van der Waals surface area contributed by atoms with Crippen LogP contribution in [0.25, 0.3) is 0 Å². The van der Waals surface area contributed by atoms with Gasteiger partial charge in [0.25, 0.3) is 5.91 Å². The fourth-order valence-electron chi connectivity index (χ4n) is 3.37. The highest BCUT2D eigenvalue weighted by atomic mass is 16.5. The second-order valence-electron chi connectivity index (χ2n) is 7.07. The summed E-state index contributed by atoms with van der Waals surface area (Å²) in [6.45, 7) is 9.28. The molecule has 0 spiro atoms. The summed E-state index contributed by atoms with van der Waals surface area (Å²) in [6.07, 6.45) is 3.14. The van der Waals surface area contributed by atoms with Gasteiger partial charge in [-0.25, -0.2) is 0 Å². The van der Waals surface area contributed by atoms with Crippen molar-refractivity contribution in [1.82, 2.24) is 5.32 Å². The second-order valence-corrected chi connectivity index (χ2v) is 7.07. The molecule has 116 valence electrons. The first-order valence-electron chi connectivity index (χ1n) is 7.46. The molecule has 1 fully saturated rings. The molecule has 1 aromatic heterocycles. The van der Waals surface area contributed by atoms with Crippen molar-refractivity contribution >= 4 is 5.91 Å². The normalized spacial score (nSPS) is 26.4. The lowest BCUT2D eigenvalue weighted by Crippen LogP contribution is -2.46.